The van der Waals surface area contributed by atoms with Crippen LogP contribution in [0.5, 0.6) is 0 Å². The first kappa shape index (κ1) is 16.5. The minimum absolute atomic E-state index is 0.0539. The van der Waals surface area contributed by atoms with Crippen molar-refractivity contribution in [2.45, 2.75) is 12.8 Å². The van der Waals surface area contributed by atoms with E-state index in [-0.39, 0.29) is 24.0 Å². The van der Waals surface area contributed by atoms with Crippen LogP contribution in [0.1, 0.15) is 12.0 Å². The van der Waals surface area contributed by atoms with Gasteiger partial charge in [-0.05, 0) is 30.2 Å². The first-order valence-corrected chi connectivity index (χ1v) is 8.94. The van der Waals surface area contributed by atoms with Crippen molar-refractivity contribution in [3.05, 3.63) is 33.8 Å². The smallest absolute Gasteiger partial charge is 0.222 e. The normalized spacial score (nSPS) is 19.3. The average molecular weight is 351 g/mol. The van der Waals surface area contributed by atoms with Crippen LogP contribution in [0.4, 0.5) is 0 Å². The Balaban J connectivity index is 1.95. The Bertz CT molecular complexity index is 649. The number of rotatable bonds is 5. The standard InChI is InChI=1S/C13H16Cl2N2O3S/c14-11-1-2-12(15)10(6-11)3-4-17-7-9(5-13(17)18)8-21(16,19)20/h1-2,6,9H,3-5,7-8H2,(H2,16,19,20). The maximum atomic E-state index is 11.9. The number of sulfonamides is 1. The number of primary sulfonamides is 1. The van der Waals surface area contributed by atoms with Crippen molar-refractivity contribution in [3.63, 3.8) is 0 Å². The van der Waals surface area contributed by atoms with Gasteiger partial charge in [0.25, 0.3) is 0 Å². The number of hydrogen-bond acceptors (Lipinski definition) is 3. The summed E-state index contributed by atoms with van der Waals surface area (Å²) in [7, 11) is -3.55. The highest BCUT2D eigenvalue weighted by atomic mass is 35.5. The van der Waals surface area contributed by atoms with E-state index >= 15 is 0 Å². The fourth-order valence-corrected chi connectivity index (χ4v) is 3.79. The molecule has 0 spiro atoms. The Morgan fingerprint density at radius 3 is 2.71 bits per heavy atom. The molecular formula is C13H16Cl2N2O3S. The predicted octanol–water partition coefficient (Wildman–Crippen LogP) is 1.67. The molecule has 0 radical (unpaired) electrons. The van der Waals surface area contributed by atoms with Gasteiger partial charge in [-0.2, -0.15) is 0 Å². The maximum absolute atomic E-state index is 11.9. The van der Waals surface area contributed by atoms with Crippen LogP contribution in [0.15, 0.2) is 18.2 Å². The summed E-state index contributed by atoms with van der Waals surface area (Å²) >= 11 is 12.0. The van der Waals surface area contributed by atoms with Crippen LogP contribution in [0.2, 0.25) is 10.0 Å². The van der Waals surface area contributed by atoms with Crippen molar-refractivity contribution in [1.29, 1.82) is 0 Å². The molecule has 116 valence electrons. The quantitative estimate of drug-likeness (QED) is 0.876. The fraction of sp³-hybridized carbons (Fsp3) is 0.462. The van der Waals surface area contributed by atoms with Crippen molar-refractivity contribution in [2.75, 3.05) is 18.8 Å². The van der Waals surface area contributed by atoms with Crippen molar-refractivity contribution in [3.8, 4) is 0 Å². The summed E-state index contributed by atoms with van der Waals surface area (Å²) in [6.07, 6.45) is 0.799. The number of halogens is 2. The molecule has 8 heteroatoms. The summed E-state index contributed by atoms with van der Waals surface area (Å²) in [5.41, 5.74) is 0.867. The molecule has 1 aromatic carbocycles. The molecule has 1 aromatic rings. The largest absolute Gasteiger partial charge is 0.342 e. The molecule has 1 fully saturated rings. The van der Waals surface area contributed by atoms with Gasteiger partial charge >= 0.3 is 0 Å². The van der Waals surface area contributed by atoms with Gasteiger partial charge in [0.05, 0.1) is 5.75 Å². The van der Waals surface area contributed by atoms with Crippen LogP contribution >= 0.6 is 23.2 Å². The lowest BCUT2D eigenvalue weighted by Crippen LogP contribution is -2.29. The average Bonchev–Trinajstić information content (AvgIpc) is 2.68. The minimum atomic E-state index is -3.55. The summed E-state index contributed by atoms with van der Waals surface area (Å²) in [6, 6.07) is 5.19. The number of nitrogens with two attached hydrogens (primary N) is 1. The zero-order chi connectivity index (χ0) is 15.6. The van der Waals surface area contributed by atoms with Crippen LogP contribution in [-0.2, 0) is 21.2 Å². The molecule has 1 saturated heterocycles. The van der Waals surface area contributed by atoms with E-state index in [9.17, 15) is 13.2 Å². The molecule has 1 heterocycles. The topological polar surface area (TPSA) is 80.5 Å². The highest BCUT2D eigenvalue weighted by Gasteiger charge is 2.31. The molecule has 1 unspecified atom stereocenters. The van der Waals surface area contributed by atoms with Gasteiger partial charge in [0, 0.05) is 35.5 Å². The van der Waals surface area contributed by atoms with Gasteiger partial charge in [-0.25, -0.2) is 13.6 Å². The molecule has 21 heavy (non-hydrogen) atoms. The maximum Gasteiger partial charge on any atom is 0.222 e. The fourth-order valence-electron chi connectivity index (χ4n) is 2.50. The van der Waals surface area contributed by atoms with Crippen molar-refractivity contribution in [2.24, 2.45) is 11.1 Å². The summed E-state index contributed by atoms with van der Waals surface area (Å²) in [5, 5.41) is 6.21. The molecule has 1 atom stereocenters. The number of hydrogen-bond donors (Lipinski definition) is 1. The van der Waals surface area contributed by atoms with Gasteiger partial charge in [0.1, 0.15) is 0 Å². The van der Waals surface area contributed by atoms with Crippen LogP contribution < -0.4 is 5.14 Å². The number of amides is 1. The number of nitrogens with zero attached hydrogens (tertiary/aromatic N) is 1. The highest BCUT2D eigenvalue weighted by Crippen LogP contribution is 2.23. The second-order valence-electron chi connectivity index (χ2n) is 5.23. The van der Waals surface area contributed by atoms with E-state index in [1.54, 1.807) is 23.1 Å². The van der Waals surface area contributed by atoms with Gasteiger partial charge in [-0.1, -0.05) is 23.2 Å². The van der Waals surface area contributed by atoms with E-state index in [0.29, 0.717) is 29.6 Å². The number of benzene rings is 1. The SMILES string of the molecule is NS(=O)(=O)CC1CC(=O)N(CCc2cc(Cl)ccc2Cl)C1. The molecule has 1 amide bonds. The van der Waals surface area contributed by atoms with Gasteiger partial charge in [0.15, 0.2) is 0 Å². The minimum Gasteiger partial charge on any atom is -0.342 e. The lowest BCUT2D eigenvalue weighted by atomic mass is 10.1. The summed E-state index contributed by atoms with van der Waals surface area (Å²) in [4.78, 5) is 13.5. The lowest BCUT2D eigenvalue weighted by molar-refractivity contribution is -0.127. The summed E-state index contributed by atoms with van der Waals surface area (Å²) in [5.74, 6) is -0.447. The molecule has 0 bridgehead atoms. The zero-order valence-corrected chi connectivity index (χ0v) is 13.6. The van der Waals surface area contributed by atoms with Crippen LogP contribution in [-0.4, -0.2) is 38.1 Å². The lowest BCUT2D eigenvalue weighted by Gasteiger charge is -2.17. The van der Waals surface area contributed by atoms with Crippen LogP contribution in [0.3, 0.4) is 0 Å². The third kappa shape index (κ3) is 4.85. The molecular weight excluding hydrogens is 335 g/mol. The van der Waals surface area contributed by atoms with Gasteiger partial charge in [0.2, 0.25) is 15.9 Å². The first-order valence-electron chi connectivity index (χ1n) is 6.47. The molecule has 0 saturated carbocycles. The van der Waals surface area contributed by atoms with Gasteiger partial charge < -0.3 is 4.90 Å². The summed E-state index contributed by atoms with van der Waals surface area (Å²) in [6.45, 7) is 0.896. The highest BCUT2D eigenvalue weighted by molar-refractivity contribution is 7.89. The van der Waals surface area contributed by atoms with Gasteiger partial charge in [-0.15, -0.1) is 0 Å². The van der Waals surface area contributed by atoms with E-state index in [2.05, 4.69) is 0 Å². The van der Waals surface area contributed by atoms with E-state index in [1.165, 1.54) is 0 Å². The Morgan fingerprint density at radius 1 is 1.33 bits per heavy atom. The van der Waals surface area contributed by atoms with E-state index < -0.39 is 10.0 Å². The molecule has 5 nitrogen and oxygen atoms in total. The Hall–Kier alpha value is -0.820. The number of likely N-dealkylation sites (tertiary alicyclic amines) is 1. The van der Waals surface area contributed by atoms with Crippen molar-refractivity contribution < 1.29 is 13.2 Å². The van der Waals surface area contributed by atoms with E-state index in [1.807, 2.05) is 0 Å². The Morgan fingerprint density at radius 2 is 2.05 bits per heavy atom. The zero-order valence-electron chi connectivity index (χ0n) is 11.3. The molecule has 2 N–H and O–H groups in total. The monoisotopic (exact) mass is 350 g/mol. The predicted molar refractivity (Wildman–Crippen MR) is 82.8 cm³/mol. The van der Waals surface area contributed by atoms with Crippen molar-refractivity contribution >= 4 is 39.1 Å². The number of carbonyl (C=O) groups is 1. The van der Waals surface area contributed by atoms with Crippen LogP contribution in [0, 0.1) is 5.92 Å². The molecule has 1 aliphatic heterocycles. The number of carbonyl (C=O) groups excluding carboxylic acids is 1. The third-order valence-corrected chi connectivity index (χ3v) is 4.96. The molecule has 0 aliphatic carbocycles. The molecule has 0 aromatic heterocycles. The Labute approximate surface area is 134 Å². The van der Waals surface area contributed by atoms with E-state index in [0.717, 1.165) is 5.56 Å². The molecule has 2 rings (SSSR count). The van der Waals surface area contributed by atoms with Crippen LogP contribution in [0.25, 0.3) is 0 Å². The first-order chi connectivity index (χ1) is 9.74. The van der Waals surface area contributed by atoms with Crippen molar-refractivity contribution in [1.82, 2.24) is 4.90 Å². The summed E-state index contributed by atoms with van der Waals surface area (Å²) < 4.78 is 22.2. The second-order valence-corrected chi connectivity index (χ2v) is 7.73. The van der Waals surface area contributed by atoms with E-state index in [4.69, 9.17) is 28.3 Å². The molecule has 1 aliphatic rings. The van der Waals surface area contributed by atoms with Gasteiger partial charge in [-0.3, -0.25) is 4.79 Å². The third-order valence-electron chi connectivity index (χ3n) is 3.42. The second kappa shape index (κ2) is 6.52. The Kier molecular flexibility index (Phi) is 5.14.